The molecule has 126 valence electrons. The molecule has 1 atom stereocenters. The van der Waals surface area contributed by atoms with Crippen LogP contribution >= 0.6 is 11.3 Å². The van der Waals surface area contributed by atoms with Crippen LogP contribution in [0.4, 0.5) is 0 Å². The summed E-state index contributed by atoms with van der Waals surface area (Å²) in [7, 11) is 0. The number of carbonyl (C=O) groups is 3. The van der Waals surface area contributed by atoms with Gasteiger partial charge in [-0.05, 0) is 43.8 Å². The van der Waals surface area contributed by atoms with Crippen molar-refractivity contribution < 1.29 is 19.1 Å². The first kappa shape index (κ1) is 17.9. The quantitative estimate of drug-likeness (QED) is 0.645. The summed E-state index contributed by atoms with van der Waals surface area (Å²) in [5.74, 6) is -1.24. The molecule has 0 fully saturated rings. The highest BCUT2D eigenvalue weighted by Gasteiger charge is 2.21. The van der Waals surface area contributed by atoms with Crippen LogP contribution in [-0.2, 0) is 9.53 Å². The lowest BCUT2D eigenvalue weighted by atomic mass is 9.99. The van der Waals surface area contributed by atoms with Crippen molar-refractivity contribution in [2.24, 2.45) is 0 Å². The number of carbonyl (C=O) groups excluding carboxylic acids is 3. The van der Waals surface area contributed by atoms with E-state index in [-0.39, 0.29) is 18.2 Å². The molecule has 2 aromatic rings. The standard InChI is InChI=1S/C18H19NO4S/c1-11-6-7-12(2)14(9-11)17(21)13(3)23-16(20)10-19-18(22)15-5-4-8-24-15/h4-9,13H,10H2,1-3H3,(H,19,22)/t13-/m1/s1. The summed E-state index contributed by atoms with van der Waals surface area (Å²) in [6.07, 6.45) is -0.906. The molecule has 1 amide bonds. The van der Waals surface area contributed by atoms with Gasteiger partial charge in [-0.15, -0.1) is 11.3 Å². The van der Waals surface area contributed by atoms with Crippen LogP contribution in [0.1, 0.15) is 38.1 Å². The molecule has 5 nitrogen and oxygen atoms in total. The lowest BCUT2D eigenvalue weighted by molar-refractivity contribution is -0.145. The Hall–Kier alpha value is -2.47. The minimum Gasteiger partial charge on any atom is -0.453 e. The first-order chi connectivity index (χ1) is 11.4. The first-order valence-electron chi connectivity index (χ1n) is 7.51. The van der Waals surface area contributed by atoms with Gasteiger partial charge in [0.15, 0.2) is 6.10 Å². The molecule has 1 N–H and O–H groups in total. The van der Waals surface area contributed by atoms with E-state index in [4.69, 9.17) is 4.74 Å². The smallest absolute Gasteiger partial charge is 0.326 e. The Labute approximate surface area is 144 Å². The lowest BCUT2D eigenvalue weighted by Crippen LogP contribution is -2.33. The van der Waals surface area contributed by atoms with Gasteiger partial charge in [0.25, 0.3) is 5.91 Å². The van der Waals surface area contributed by atoms with Crippen molar-refractivity contribution in [1.29, 1.82) is 0 Å². The molecule has 6 heteroatoms. The number of rotatable bonds is 6. The lowest BCUT2D eigenvalue weighted by Gasteiger charge is -2.14. The topological polar surface area (TPSA) is 72.5 Å². The van der Waals surface area contributed by atoms with Crippen LogP contribution in [0.25, 0.3) is 0 Å². The number of hydrogen-bond donors (Lipinski definition) is 1. The molecule has 24 heavy (non-hydrogen) atoms. The molecular weight excluding hydrogens is 326 g/mol. The van der Waals surface area contributed by atoms with Crippen molar-refractivity contribution >= 4 is 29.0 Å². The van der Waals surface area contributed by atoms with Gasteiger partial charge in [0.2, 0.25) is 5.78 Å². The maximum atomic E-state index is 12.4. The van der Waals surface area contributed by atoms with E-state index in [0.717, 1.165) is 11.1 Å². The highest BCUT2D eigenvalue weighted by atomic mass is 32.1. The van der Waals surface area contributed by atoms with Crippen molar-refractivity contribution in [3.8, 4) is 0 Å². The van der Waals surface area contributed by atoms with Crippen molar-refractivity contribution in [2.45, 2.75) is 26.9 Å². The fraction of sp³-hybridized carbons (Fsp3) is 0.278. The number of Topliss-reactive ketones (excluding diaryl/α,β-unsaturated/α-hetero) is 1. The molecule has 0 saturated heterocycles. The Balaban J connectivity index is 1.90. The van der Waals surface area contributed by atoms with Crippen molar-refractivity contribution in [1.82, 2.24) is 5.32 Å². The molecule has 0 bridgehead atoms. The molecular formula is C18H19NO4S. The highest BCUT2D eigenvalue weighted by molar-refractivity contribution is 7.12. The number of ether oxygens (including phenoxy) is 1. The van der Waals surface area contributed by atoms with E-state index < -0.39 is 12.1 Å². The zero-order valence-electron chi connectivity index (χ0n) is 13.8. The van der Waals surface area contributed by atoms with Gasteiger partial charge in [-0.2, -0.15) is 0 Å². The number of thiophene rings is 1. The molecule has 0 unspecified atom stereocenters. The summed E-state index contributed by atoms with van der Waals surface area (Å²) in [4.78, 5) is 36.5. The summed E-state index contributed by atoms with van der Waals surface area (Å²) in [6.45, 7) is 4.99. The molecule has 2 rings (SSSR count). The highest BCUT2D eigenvalue weighted by Crippen LogP contribution is 2.14. The normalized spacial score (nSPS) is 11.6. The number of hydrogen-bond acceptors (Lipinski definition) is 5. The Kier molecular flexibility index (Phi) is 5.87. The summed E-state index contributed by atoms with van der Waals surface area (Å²) in [6, 6.07) is 8.97. The van der Waals surface area contributed by atoms with Gasteiger partial charge in [0, 0.05) is 5.56 Å². The van der Waals surface area contributed by atoms with Gasteiger partial charge in [0.1, 0.15) is 6.54 Å². The Bertz CT molecular complexity index is 752. The predicted molar refractivity (Wildman–Crippen MR) is 92.5 cm³/mol. The van der Waals surface area contributed by atoms with Gasteiger partial charge in [-0.25, -0.2) is 0 Å². The van der Waals surface area contributed by atoms with E-state index in [0.29, 0.717) is 10.4 Å². The molecule has 1 heterocycles. The number of ketones is 1. The zero-order chi connectivity index (χ0) is 17.7. The fourth-order valence-electron chi connectivity index (χ4n) is 2.16. The minimum atomic E-state index is -0.906. The van der Waals surface area contributed by atoms with Crippen LogP contribution in [0.15, 0.2) is 35.7 Å². The fourth-order valence-corrected chi connectivity index (χ4v) is 2.80. The minimum absolute atomic E-state index is 0.255. The summed E-state index contributed by atoms with van der Waals surface area (Å²) >= 11 is 1.28. The number of aryl methyl sites for hydroxylation is 2. The van der Waals surface area contributed by atoms with Crippen LogP contribution in [0.5, 0.6) is 0 Å². The molecule has 0 aliphatic carbocycles. The summed E-state index contributed by atoms with van der Waals surface area (Å²) < 4.78 is 5.13. The van der Waals surface area contributed by atoms with Crippen LogP contribution in [0.3, 0.4) is 0 Å². The third-order valence-electron chi connectivity index (χ3n) is 3.47. The van der Waals surface area contributed by atoms with E-state index in [1.165, 1.54) is 18.3 Å². The molecule has 0 spiro atoms. The van der Waals surface area contributed by atoms with Crippen LogP contribution in [0.2, 0.25) is 0 Å². The van der Waals surface area contributed by atoms with E-state index in [1.54, 1.807) is 23.6 Å². The van der Waals surface area contributed by atoms with Gasteiger partial charge in [-0.1, -0.05) is 23.8 Å². The second kappa shape index (κ2) is 7.88. The molecule has 1 aromatic carbocycles. The largest absolute Gasteiger partial charge is 0.453 e. The van der Waals surface area contributed by atoms with E-state index >= 15 is 0 Å². The van der Waals surface area contributed by atoms with Gasteiger partial charge < -0.3 is 10.1 Å². The Morgan fingerprint density at radius 3 is 2.62 bits per heavy atom. The number of amides is 1. The molecule has 0 aliphatic heterocycles. The van der Waals surface area contributed by atoms with E-state index in [1.807, 2.05) is 26.0 Å². The van der Waals surface area contributed by atoms with Gasteiger partial charge in [-0.3, -0.25) is 14.4 Å². The molecule has 1 aromatic heterocycles. The average molecular weight is 345 g/mol. The van der Waals surface area contributed by atoms with Crippen molar-refractivity contribution in [3.05, 3.63) is 57.3 Å². The van der Waals surface area contributed by atoms with E-state index in [2.05, 4.69) is 5.32 Å². The van der Waals surface area contributed by atoms with E-state index in [9.17, 15) is 14.4 Å². The maximum Gasteiger partial charge on any atom is 0.326 e. The molecule has 0 radical (unpaired) electrons. The van der Waals surface area contributed by atoms with Crippen molar-refractivity contribution in [2.75, 3.05) is 6.54 Å². The average Bonchev–Trinajstić information content (AvgIpc) is 3.08. The SMILES string of the molecule is Cc1ccc(C)c(C(=O)[C@@H](C)OC(=O)CNC(=O)c2cccs2)c1. The van der Waals surface area contributed by atoms with Crippen molar-refractivity contribution in [3.63, 3.8) is 0 Å². The molecule has 0 aliphatic rings. The Morgan fingerprint density at radius 1 is 1.21 bits per heavy atom. The molecule has 0 saturated carbocycles. The third-order valence-corrected chi connectivity index (χ3v) is 4.34. The Morgan fingerprint density at radius 2 is 1.96 bits per heavy atom. The summed E-state index contributed by atoms with van der Waals surface area (Å²) in [5, 5.41) is 4.25. The van der Waals surface area contributed by atoms with Crippen LogP contribution in [-0.4, -0.2) is 30.3 Å². The number of benzene rings is 1. The zero-order valence-corrected chi connectivity index (χ0v) is 14.6. The number of esters is 1. The predicted octanol–water partition coefficient (Wildman–Crippen LogP) is 2.91. The number of nitrogens with one attached hydrogen (secondary N) is 1. The maximum absolute atomic E-state index is 12.4. The summed E-state index contributed by atoms with van der Waals surface area (Å²) in [5.41, 5.74) is 2.34. The third kappa shape index (κ3) is 4.52. The first-order valence-corrected chi connectivity index (χ1v) is 8.39. The van der Waals surface area contributed by atoms with Crippen LogP contribution in [0, 0.1) is 13.8 Å². The second-order valence-electron chi connectivity index (χ2n) is 5.47. The van der Waals surface area contributed by atoms with Crippen LogP contribution < -0.4 is 5.32 Å². The van der Waals surface area contributed by atoms with Gasteiger partial charge in [0.05, 0.1) is 4.88 Å². The second-order valence-corrected chi connectivity index (χ2v) is 6.42. The monoisotopic (exact) mass is 345 g/mol. The van der Waals surface area contributed by atoms with Gasteiger partial charge >= 0.3 is 5.97 Å².